The van der Waals surface area contributed by atoms with Crippen LogP contribution in [0.5, 0.6) is 0 Å². The van der Waals surface area contributed by atoms with Crippen molar-refractivity contribution in [3.63, 3.8) is 0 Å². The highest BCUT2D eigenvalue weighted by atomic mass is 35.5. The van der Waals surface area contributed by atoms with E-state index in [1.54, 1.807) is 0 Å². The molecule has 0 bridgehead atoms. The Morgan fingerprint density at radius 3 is 2.56 bits per heavy atom. The third kappa shape index (κ3) is 3.47. The van der Waals surface area contributed by atoms with Gasteiger partial charge in [-0.25, -0.2) is 13.2 Å². The maximum Gasteiger partial charge on any atom is 0.336 e. The zero-order valence-electron chi connectivity index (χ0n) is 12.3. The van der Waals surface area contributed by atoms with Crippen LogP contribution < -0.4 is 10.3 Å². The molecular weight excluding hydrogens is 372 g/mol. The van der Waals surface area contributed by atoms with Crippen LogP contribution in [-0.4, -0.2) is 13.3 Å². The minimum Gasteiger partial charge on any atom is -0.423 e. The van der Waals surface area contributed by atoms with Crippen LogP contribution in [0.25, 0.3) is 11.0 Å². The second kappa shape index (κ2) is 6.19. The smallest absolute Gasteiger partial charge is 0.336 e. The van der Waals surface area contributed by atoms with Crippen LogP contribution in [-0.2, 0) is 10.0 Å². The molecule has 25 heavy (non-hydrogen) atoms. The largest absolute Gasteiger partial charge is 0.423 e. The Morgan fingerprint density at radius 2 is 1.84 bits per heavy atom. The van der Waals surface area contributed by atoms with Crippen LogP contribution in [0.15, 0.2) is 62.6 Å². The zero-order chi connectivity index (χ0) is 18.2. The molecule has 0 fully saturated rings. The van der Waals surface area contributed by atoms with E-state index < -0.39 is 26.3 Å². The molecule has 0 saturated carbocycles. The maximum atomic E-state index is 12.5. The Kier molecular flexibility index (Phi) is 4.19. The fraction of sp³-hybridized carbons (Fsp3) is 0. The Balaban J connectivity index is 1.99. The number of nitrogens with one attached hydrogen (secondary N) is 1. The second-order valence-electron chi connectivity index (χ2n) is 4.98. The van der Waals surface area contributed by atoms with Crippen molar-refractivity contribution in [2.75, 3.05) is 4.72 Å². The topological polar surface area (TPSA) is 120 Å². The molecule has 0 amide bonds. The number of hydrogen-bond acceptors (Lipinski definition) is 6. The first-order valence-electron chi connectivity index (χ1n) is 6.77. The lowest BCUT2D eigenvalue weighted by Crippen LogP contribution is -2.13. The van der Waals surface area contributed by atoms with Gasteiger partial charge in [0.25, 0.3) is 15.7 Å². The molecule has 1 heterocycles. The van der Waals surface area contributed by atoms with Gasteiger partial charge in [-0.2, -0.15) is 0 Å². The normalized spacial score (nSPS) is 11.4. The highest BCUT2D eigenvalue weighted by molar-refractivity contribution is 7.92. The van der Waals surface area contributed by atoms with E-state index in [4.69, 9.17) is 16.0 Å². The minimum absolute atomic E-state index is 0.00390. The second-order valence-corrected chi connectivity index (χ2v) is 7.07. The lowest BCUT2D eigenvalue weighted by molar-refractivity contribution is -0.384. The molecule has 1 N–H and O–H groups in total. The van der Waals surface area contributed by atoms with Crippen molar-refractivity contribution in [3.8, 4) is 0 Å². The predicted octanol–water partition coefficient (Wildman–Crippen LogP) is 3.16. The van der Waals surface area contributed by atoms with Gasteiger partial charge in [-0.15, -0.1) is 0 Å². The summed E-state index contributed by atoms with van der Waals surface area (Å²) in [4.78, 5) is 21.2. The van der Waals surface area contributed by atoms with Gasteiger partial charge in [0.2, 0.25) is 0 Å². The average Bonchev–Trinajstić information content (AvgIpc) is 2.55. The predicted molar refractivity (Wildman–Crippen MR) is 91.4 cm³/mol. The SMILES string of the molecule is O=c1ccc2cc(S(=O)(=O)Nc3ccc(Cl)c([N+](=O)[O-])c3)ccc2o1. The van der Waals surface area contributed by atoms with E-state index in [0.29, 0.717) is 5.39 Å². The summed E-state index contributed by atoms with van der Waals surface area (Å²) in [6, 6.07) is 10.1. The molecule has 1 aromatic heterocycles. The highest BCUT2D eigenvalue weighted by Gasteiger charge is 2.18. The molecule has 8 nitrogen and oxygen atoms in total. The quantitative estimate of drug-likeness (QED) is 0.421. The van der Waals surface area contributed by atoms with E-state index in [-0.39, 0.29) is 21.2 Å². The van der Waals surface area contributed by atoms with Gasteiger partial charge in [0.1, 0.15) is 10.6 Å². The van der Waals surface area contributed by atoms with Crippen LogP contribution in [0.4, 0.5) is 11.4 Å². The number of nitrogens with zero attached hydrogens (tertiary/aromatic N) is 1. The summed E-state index contributed by atoms with van der Waals surface area (Å²) in [6.45, 7) is 0. The van der Waals surface area contributed by atoms with E-state index in [1.807, 2.05) is 0 Å². The summed E-state index contributed by atoms with van der Waals surface area (Å²) in [5, 5.41) is 11.2. The molecule has 0 saturated heterocycles. The van der Waals surface area contributed by atoms with Crippen molar-refractivity contribution < 1.29 is 17.8 Å². The Bertz CT molecular complexity index is 1160. The van der Waals surface area contributed by atoms with Crippen molar-refractivity contribution in [3.05, 3.63) is 74.1 Å². The summed E-state index contributed by atoms with van der Waals surface area (Å²) < 4.78 is 32.1. The van der Waals surface area contributed by atoms with Crippen molar-refractivity contribution in [2.24, 2.45) is 0 Å². The van der Waals surface area contributed by atoms with Crippen LogP contribution in [0.2, 0.25) is 5.02 Å². The molecule has 0 spiro atoms. The van der Waals surface area contributed by atoms with Crippen molar-refractivity contribution in [1.29, 1.82) is 0 Å². The van der Waals surface area contributed by atoms with E-state index in [2.05, 4.69) is 4.72 Å². The Labute approximate surface area is 145 Å². The van der Waals surface area contributed by atoms with Crippen LogP contribution in [0.3, 0.4) is 0 Å². The van der Waals surface area contributed by atoms with Crippen LogP contribution in [0, 0.1) is 10.1 Å². The highest BCUT2D eigenvalue weighted by Crippen LogP contribution is 2.29. The van der Waals surface area contributed by atoms with Crippen molar-refractivity contribution in [2.45, 2.75) is 4.90 Å². The number of hydrogen-bond donors (Lipinski definition) is 1. The number of nitro groups is 1. The molecule has 3 aromatic rings. The first kappa shape index (κ1) is 16.9. The lowest BCUT2D eigenvalue weighted by atomic mass is 10.2. The first-order chi connectivity index (χ1) is 11.8. The standard InChI is InChI=1S/C15H9ClN2O6S/c16-12-4-2-10(8-13(12)18(20)21)17-25(22,23)11-3-5-14-9(7-11)1-6-15(19)24-14/h1-8,17H. The number of anilines is 1. The van der Waals surface area contributed by atoms with Crippen LogP contribution in [0.1, 0.15) is 0 Å². The van der Waals surface area contributed by atoms with E-state index in [9.17, 15) is 23.3 Å². The summed E-state index contributed by atoms with van der Waals surface area (Å²) >= 11 is 5.70. The number of rotatable bonds is 4. The van der Waals surface area contributed by atoms with E-state index >= 15 is 0 Å². The molecule has 3 rings (SSSR count). The summed E-state index contributed by atoms with van der Waals surface area (Å²) in [5.74, 6) is 0. The number of fused-ring (bicyclic) bond motifs is 1. The van der Waals surface area contributed by atoms with Gasteiger partial charge >= 0.3 is 5.63 Å². The summed E-state index contributed by atoms with van der Waals surface area (Å²) in [5.41, 5.74) is -0.721. The first-order valence-corrected chi connectivity index (χ1v) is 8.63. The molecular formula is C15H9ClN2O6S. The minimum atomic E-state index is -4.01. The molecule has 2 aromatic carbocycles. The summed E-state index contributed by atoms with van der Waals surface area (Å²) in [6.07, 6.45) is 0. The fourth-order valence-corrected chi connectivity index (χ4v) is 3.42. The van der Waals surface area contributed by atoms with Gasteiger partial charge in [0.15, 0.2) is 0 Å². The lowest BCUT2D eigenvalue weighted by Gasteiger charge is -2.09. The van der Waals surface area contributed by atoms with Gasteiger partial charge in [-0.05, 0) is 36.4 Å². The molecule has 10 heteroatoms. The molecule has 0 aliphatic rings. The van der Waals surface area contributed by atoms with Gasteiger partial charge in [0.05, 0.1) is 15.5 Å². The Hall–Kier alpha value is -2.91. The van der Waals surface area contributed by atoms with E-state index in [1.165, 1.54) is 42.5 Å². The fourth-order valence-electron chi connectivity index (χ4n) is 2.15. The average molecular weight is 381 g/mol. The zero-order valence-corrected chi connectivity index (χ0v) is 13.9. The number of benzene rings is 2. The molecule has 0 atom stereocenters. The molecule has 0 unspecified atom stereocenters. The molecule has 0 radical (unpaired) electrons. The monoisotopic (exact) mass is 380 g/mol. The molecule has 0 aliphatic carbocycles. The van der Waals surface area contributed by atoms with Crippen molar-refractivity contribution >= 4 is 44.0 Å². The van der Waals surface area contributed by atoms with Gasteiger partial charge < -0.3 is 4.42 Å². The molecule has 0 aliphatic heterocycles. The molecule has 128 valence electrons. The van der Waals surface area contributed by atoms with Gasteiger partial charge in [-0.3, -0.25) is 14.8 Å². The maximum absolute atomic E-state index is 12.5. The Morgan fingerprint density at radius 1 is 1.08 bits per heavy atom. The van der Waals surface area contributed by atoms with Crippen molar-refractivity contribution in [1.82, 2.24) is 0 Å². The summed E-state index contributed by atoms with van der Waals surface area (Å²) in [7, 11) is -4.01. The van der Waals surface area contributed by atoms with E-state index in [0.717, 1.165) is 6.07 Å². The third-order valence-corrected chi connectivity index (χ3v) is 4.99. The number of sulfonamides is 1. The van der Waals surface area contributed by atoms with Crippen LogP contribution >= 0.6 is 11.6 Å². The number of halogens is 1. The van der Waals surface area contributed by atoms with Gasteiger partial charge in [-0.1, -0.05) is 11.6 Å². The third-order valence-electron chi connectivity index (χ3n) is 3.30. The van der Waals surface area contributed by atoms with Gasteiger partial charge in [0, 0.05) is 17.5 Å². The number of nitro benzene ring substituents is 1.